The molecule has 0 aliphatic rings. The van der Waals surface area contributed by atoms with Gasteiger partial charge in [-0.2, -0.15) is 5.10 Å². The third-order valence-electron chi connectivity index (χ3n) is 3.46. The highest BCUT2D eigenvalue weighted by Gasteiger charge is 2.11. The maximum Gasteiger partial charge on any atom is 0.224 e. The van der Waals surface area contributed by atoms with Gasteiger partial charge in [-0.3, -0.25) is 4.79 Å². The molecule has 6 nitrogen and oxygen atoms in total. The number of aromatic nitrogens is 3. The van der Waals surface area contributed by atoms with Crippen molar-refractivity contribution in [2.45, 2.75) is 27.3 Å². The van der Waals surface area contributed by atoms with Gasteiger partial charge in [0, 0.05) is 30.9 Å². The molecular formula is C16H23N5O. The standard InChI is InChI=1S/C16H23N5O/c1-11(8-17-4)16(22)19-10-14-5-6-15(18-9-14)21-13(3)7-12(2)20-21/h5-7,9,11,17H,8,10H2,1-4H3,(H,19,22). The highest BCUT2D eigenvalue weighted by atomic mass is 16.1. The Morgan fingerprint density at radius 1 is 1.36 bits per heavy atom. The number of nitrogens with zero attached hydrogens (tertiary/aromatic N) is 3. The Hall–Kier alpha value is -2.21. The lowest BCUT2D eigenvalue weighted by atomic mass is 10.1. The lowest BCUT2D eigenvalue weighted by Gasteiger charge is -2.11. The van der Waals surface area contributed by atoms with Gasteiger partial charge in [-0.05, 0) is 38.6 Å². The van der Waals surface area contributed by atoms with Crippen LogP contribution in [0.1, 0.15) is 23.9 Å². The first-order valence-corrected chi connectivity index (χ1v) is 7.42. The Bertz CT molecular complexity index is 632. The molecule has 118 valence electrons. The van der Waals surface area contributed by atoms with Crippen LogP contribution in [-0.4, -0.2) is 34.3 Å². The van der Waals surface area contributed by atoms with Crippen molar-refractivity contribution in [2.75, 3.05) is 13.6 Å². The van der Waals surface area contributed by atoms with E-state index in [0.717, 1.165) is 22.8 Å². The second-order valence-corrected chi connectivity index (χ2v) is 5.54. The van der Waals surface area contributed by atoms with E-state index in [0.29, 0.717) is 13.1 Å². The van der Waals surface area contributed by atoms with E-state index in [9.17, 15) is 4.79 Å². The molecule has 22 heavy (non-hydrogen) atoms. The molecule has 0 aromatic carbocycles. The lowest BCUT2D eigenvalue weighted by Crippen LogP contribution is -2.33. The van der Waals surface area contributed by atoms with E-state index < -0.39 is 0 Å². The van der Waals surface area contributed by atoms with E-state index >= 15 is 0 Å². The van der Waals surface area contributed by atoms with Crippen LogP contribution in [-0.2, 0) is 11.3 Å². The van der Waals surface area contributed by atoms with Crippen molar-refractivity contribution in [3.63, 3.8) is 0 Å². The molecule has 2 rings (SSSR count). The van der Waals surface area contributed by atoms with Crippen LogP contribution < -0.4 is 10.6 Å². The van der Waals surface area contributed by atoms with Crippen molar-refractivity contribution in [1.29, 1.82) is 0 Å². The third-order valence-corrected chi connectivity index (χ3v) is 3.46. The van der Waals surface area contributed by atoms with Crippen LogP contribution in [0.4, 0.5) is 0 Å². The summed E-state index contributed by atoms with van der Waals surface area (Å²) in [4.78, 5) is 16.3. The minimum Gasteiger partial charge on any atom is -0.352 e. The number of carbonyl (C=O) groups is 1. The van der Waals surface area contributed by atoms with Gasteiger partial charge < -0.3 is 10.6 Å². The molecular weight excluding hydrogens is 278 g/mol. The van der Waals surface area contributed by atoms with Gasteiger partial charge in [-0.25, -0.2) is 9.67 Å². The average Bonchev–Trinajstić information content (AvgIpc) is 2.84. The number of hydrogen-bond acceptors (Lipinski definition) is 4. The van der Waals surface area contributed by atoms with Crippen LogP contribution in [0, 0.1) is 19.8 Å². The summed E-state index contributed by atoms with van der Waals surface area (Å²) in [5.74, 6) is 0.771. The summed E-state index contributed by atoms with van der Waals surface area (Å²) in [5.41, 5.74) is 2.98. The van der Waals surface area contributed by atoms with E-state index in [1.165, 1.54) is 0 Å². The molecule has 0 radical (unpaired) electrons. The molecule has 6 heteroatoms. The zero-order valence-corrected chi connectivity index (χ0v) is 13.6. The molecule has 0 aliphatic carbocycles. The van der Waals surface area contributed by atoms with Gasteiger partial charge in [0.1, 0.15) is 0 Å². The number of amides is 1. The SMILES string of the molecule is CNCC(C)C(=O)NCc1ccc(-n2nc(C)cc2C)nc1. The maximum atomic E-state index is 11.9. The predicted molar refractivity (Wildman–Crippen MR) is 85.8 cm³/mol. The van der Waals surface area contributed by atoms with Crippen LogP contribution in [0.3, 0.4) is 0 Å². The van der Waals surface area contributed by atoms with E-state index in [2.05, 4.69) is 20.7 Å². The van der Waals surface area contributed by atoms with E-state index in [-0.39, 0.29) is 11.8 Å². The topological polar surface area (TPSA) is 71.8 Å². The fourth-order valence-corrected chi connectivity index (χ4v) is 2.27. The van der Waals surface area contributed by atoms with Gasteiger partial charge in [0.2, 0.25) is 5.91 Å². The molecule has 1 atom stereocenters. The lowest BCUT2D eigenvalue weighted by molar-refractivity contribution is -0.124. The predicted octanol–water partition coefficient (Wildman–Crippen LogP) is 1.36. The Balaban J connectivity index is 1.98. The molecule has 2 aromatic rings. The largest absolute Gasteiger partial charge is 0.352 e. The Labute approximate surface area is 130 Å². The Morgan fingerprint density at radius 3 is 2.68 bits per heavy atom. The monoisotopic (exact) mass is 301 g/mol. The summed E-state index contributed by atoms with van der Waals surface area (Å²) in [6.45, 7) is 7.01. The van der Waals surface area contributed by atoms with Crippen LogP contribution in [0.2, 0.25) is 0 Å². The van der Waals surface area contributed by atoms with E-state index in [1.54, 1.807) is 6.20 Å². The number of pyridine rings is 1. The highest BCUT2D eigenvalue weighted by Crippen LogP contribution is 2.10. The minimum absolute atomic E-state index is 0.0389. The van der Waals surface area contributed by atoms with Crippen molar-refractivity contribution in [2.24, 2.45) is 5.92 Å². The van der Waals surface area contributed by atoms with Gasteiger partial charge in [-0.1, -0.05) is 13.0 Å². The van der Waals surface area contributed by atoms with Gasteiger partial charge >= 0.3 is 0 Å². The molecule has 1 unspecified atom stereocenters. The second-order valence-electron chi connectivity index (χ2n) is 5.54. The highest BCUT2D eigenvalue weighted by molar-refractivity contribution is 5.78. The van der Waals surface area contributed by atoms with E-state index in [4.69, 9.17) is 0 Å². The molecule has 0 fully saturated rings. The first kappa shape index (κ1) is 16.2. The fraction of sp³-hybridized carbons (Fsp3) is 0.438. The Kier molecular flexibility index (Phi) is 5.27. The fourth-order valence-electron chi connectivity index (χ4n) is 2.27. The first-order chi connectivity index (χ1) is 10.5. The maximum absolute atomic E-state index is 11.9. The average molecular weight is 301 g/mol. The molecule has 0 aliphatic heterocycles. The summed E-state index contributed by atoms with van der Waals surface area (Å²) >= 11 is 0. The quantitative estimate of drug-likeness (QED) is 0.845. The van der Waals surface area contributed by atoms with Crippen LogP contribution in [0.25, 0.3) is 5.82 Å². The van der Waals surface area contributed by atoms with Crippen molar-refractivity contribution < 1.29 is 4.79 Å². The van der Waals surface area contributed by atoms with Crippen LogP contribution in [0.15, 0.2) is 24.4 Å². The van der Waals surface area contributed by atoms with Gasteiger partial charge in [0.05, 0.1) is 5.69 Å². The molecule has 0 spiro atoms. The summed E-state index contributed by atoms with van der Waals surface area (Å²) in [7, 11) is 1.84. The molecule has 0 saturated heterocycles. The van der Waals surface area contributed by atoms with E-state index in [1.807, 2.05) is 50.7 Å². The molecule has 0 saturated carbocycles. The second kappa shape index (κ2) is 7.17. The summed E-state index contributed by atoms with van der Waals surface area (Å²) in [6.07, 6.45) is 1.77. The zero-order valence-electron chi connectivity index (χ0n) is 13.6. The molecule has 2 heterocycles. The molecule has 2 N–H and O–H groups in total. The number of carbonyl (C=O) groups excluding carboxylic acids is 1. The Morgan fingerprint density at radius 2 is 2.14 bits per heavy atom. The van der Waals surface area contributed by atoms with Crippen LogP contribution in [0.5, 0.6) is 0 Å². The van der Waals surface area contributed by atoms with Crippen molar-refractivity contribution in [3.05, 3.63) is 41.3 Å². The summed E-state index contributed by atoms with van der Waals surface area (Å²) in [6, 6.07) is 5.89. The van der Waals surface area contributed by atoms with Gasteiger partial charge in [0.15, 0.2) is 5.82 Å². The molecule has 0 bridgehead atoms. The minimum atomic E-state index is -0.0491. The van der Waals surface area contributed by atoms with Gasteiger partial charge in [-0.15, -0.1) is 0 Å². The summed E-state index contributed by atoms with van der Waals surface area (Å²) in [5, 5.41) is 10.3. The molecule has 1 amide bonds. The number of hydrogen-bond donors (Lipinski definition) is 2. The normalized spacial score (nSPS) is 12.2. The smallest absolute Gasteiger partial charge is 0.224 e. The zero-order chi connectivity index (χ0) is 16.1. The third kappa shape index (κ3) is 3.92. The van der Waals surface area contributed by atoms with Crippen molar-refractivity contribution in [1.82, 2.24) is 25.4 Å². The summed E-state index contributed by atoms with van der Waals surface area (Å²) < 4.78 is 1.81. The van der Waals surface area contributed by atoms with Gasteiger partial charge in [0.25, 0.3) is 0 Å². The first-order valence-electron chi connectivity index (χ1n) is 7.42. The van der Waals surface area contributed by atoms with Crippen LogP contribution >= 0.6 is 0 Å². The molecule has 2 aromatic heterocycles. The van der Waals surface area contributed by atoms with Crippen molar-refractivity contribution >= 4 is 5.91 Å². The number of nitrogens with one attached hydrogen (secondary N) is 2. The van der Waals surface area contributed by atoms with Crippen molar-refractivity contribution in [3.8, 4) is 5.82 Å². The number of rotatable bonds is 6. The number of aryl methyl sites for hydroxylation is 2.